The monoisotopic (exact) mass is 1190 g/mol. The van der Waals surface area contributed by atoms with Crippen LogP contribution < -0.4 is 0 Å². The smallest absolute Gasteiger partial charge is 0.0455 e. The molecule has 0 heterocycles. The number of alkyl halides is 1. The Balaban J connectivity index is 0.0000000961. The maximum Gasteiger partial charge on any atom is 0.0455 e. The van der Waals surface area contributed by atoms with E-state index in [1.807, 2.05) is 27.9 Å². The SMILES string of the molecule is CC1(C)C(C)(C)C12C1CC3=CC(C1)CC2C3.CC1(C)C(C)(C)C12C1CC3CC2CC(Cl)(C3)C1.CC1(C)C(C)(C)C12C1CCCC2C2=C(CCCC2)C1.CC1(C)C(C)(C)C12CCCCC2.CCCC1C2=C(CCCC2)C2CCCC1C21C(C)(C)C1(C)C. The fourth-order valence-electron chi connectivity index (χ4n) is 33.5. The van der Waals surface area contributed by atoms with Gasteiger partial charge in [0.25, 0.3) is 0 Å². The van der Waals surface area contributed by atoms with E-state index in [1.165, 1.54) is 199 Å². The Morgan fingerprint density at radius 2 is 0.849 bits per heavy atom. The van der Waals surface area contributed by atoms with Gasteiger partial charge < -0.3 is 0 Å². The van der Waals surface area contributed by atoms with E-state index in [9.17, 15) is 0 Å². The van der Waals surface area contributed by atoms with E-state index in [-0.39, 0.29) is 4.87 Å². The van der Waals surface area contributed by atoms with Crippen LogP contribution in [0.5, 0.6) is 0 Å². The largest absolute Gasteiger partial charge is 0.119 e. The molecule has 14 saturated carbocycles. The molecule has 0 aromatic heterocycles. The maximum atomic E-state index is 6.87. The Morgan fingerprint density at radius 1 is 0.395 bits per heavy atom. The summed E-state index contributed by atoms with van der Waals surface area (Å²) < 4.78 is 0. The molecule has 5 spiro atoms. The predicted molar refractivity (Wildman–Crippen MR) is 368 cm³/mol. The summed E-state index contributed by atoms with van der Waals surface area (Å²) in [6, 6.07) is 0. The van der Waals surface area contributed by atoms with Gasteiger partial charge in [0.2, 0.25) is 0 Å². The maximum absolute atomic E-state index is 6.87. The van der Waals surface area contributed by atoms with Crippen molar-refractivity contribution in [3.05, 3.63) is 33.9 Å². The lowest BCUT2D eigenvalue weighted by Crippen LogP contribution is -2.55. The van der Waals surface area contributed by atoms with Crippen molar-refractivity contribution in [2.75, 3.05) is 0 Å². The molecule has 0 aromatic carbocycles. The highest BCUT2D eigenvalue weighted by Gasteiger charge is 2.87. The van der Waals surface area contributed by atoms with E-state index in [1.54, 1.807) is 0 Å². The van der Waals surface area contributed by atoms with Gasteiger partial charge in [0, 0.05) is 4.87 Å². The van der Waals surface area contributed by atoms with Gasteiger partial charge in [-0.1, -0.05) is 218 Å². The highest BCUT2D eigenvalue weighted by atomic mass is 35.5. The Kier molecular flexibility index (Phi) is 14.0. The number of hydrogen-bond donors (Lipinski definition) is 0. The van der Waals surface area contributed by atoms with Crippen molar-refractivity contribution < 1.29 is 0 Å². The first kappa shape index (κ1) is 62.9. The van der Waals surface area contributed by atoms with Crippen molar-refractivity contribution in [3.8, 4) is 0 Å². The van der Waals surface area contributed by atoms with Gasteiger partial charge in [-0.3, -0.25) is 0 Å². The van der Waals surface area contributed by atoms with Crippen LogP contribution >= 0.6 is 11.6 Å². The molecule has 14 fully saturated rings. The summed E-state index contributed by atoms with van der Waals surface area (Å²) in [5.74, 6) is 10.7. The standard InChI is InChI=1S/C22H36.C19H30.C16H25Cl.C16H24.C12H22/c1-6-10-16-15-11-7-8-12-17(15)19-14-9-13-18(16)22(19)20(2,3)21(22,4)5;1-17(2)18(3,4)19(17)14-9-7-11-16(19)15-10-6-5-8-13(15)12-14;1-13(2)14(3,4)16(13)11-5-10-6-12(16)9-15(17,7-10)8-11;1-14(2)15(3,4)16(14)12-6-10-5-11(8-12)9-13(16)7-10;1-10(2)11(3,4)12(10)8-6-5-7-9-12/h16,18-19H,6-14H2,1-5H3;14,16H,5-12H2,1-4H3;10-12H,5-9H2,1-4H3;5,10,12-13H,6-9H2,1-4H3;5-9H2,1-4H3. The molecule has 0 N–H and O–H groups in total. The molecule has 0 amide bonds. The van der Waals surface area contributed by atoms with E-state index in [0.717, 1.165) is 70.5 Å². The highest BCUT2D eigenvalue weighted by molar-refractivity contribution is 6.24. The summed E-state index contributed by atoms with van der Waals surface area (Å²) >= 11 is 6.87. The lowest BCUT2D eigenvalue weighted by Gasteiger charge is -2.60. The lowest BCUT2D eigenvalue weighted by molar-refractivity contribution is -0.0691. The quantitative estimate of drug-likeness (QED) is 0.191. The predicted octanol–water partition coefficient (Wildman–Crippen LogP) is 25.8. The molecule has 20 rings (SSSR count). The Morgan fingerprint density at radius 3 is 1.30 bits per heavy atom. The molecular weight excluding hydrogens is 1060 g/mol. The topological polar surface area (TPSA) is 0 Å². The van der Waals surface area contributed by atoms with Crippen LogP contribution in [0.25, 0.3) is 0 Å². The molecule has 20 aliphatic rings. The summed E-state index contributed by atoms with van der Waals surface area (Å²) in [6.07, 6.45) is 47.9. The minimum atomic E-state index is 0.205. The molecule has 0 saturated heterocycles. The fourth-order valence-corrected chi connectivity index (χ4v) is 34.1. The van der Waals surface area contributed by atoms with Crippen molar-refractivity contribution in [2.24, 2.45) is 146 Å². The van der Waals surface area contributed by atoms with Crippen LogP contribution in [-0.4, -0.2) is 4.87 Å². The van der Waals surface area contributed by atoms with Crippen LogP contribution in [0.3, 0.4) is 0 Å². The van der Waals surface area contributed by atoms with Crippen LogP contribution in [0.1, 0.15) is 344 Å². The molecule has 1 heteroatoms. The summed E-state index contributed by atoms with van der Waals surface area (Å²) in [7, 11) is 0. The lowest BCUT2D eigenvalue weighted by atomic mass is 9.47. The molecule has 12 bridgehead atoms. The Labute approximate surface area is 538 Å². The third-order valence-corrected chi connectivity index (χ3v) is 39.1. The van der Waals surface area contributed by atoms with Crippen LogP contribution in [0.4, 0.5) is 0 Å². The molecular formula is C85H137Cl. The third-order valence-electron chi connectivity index (χ3n) is 38.7. The molecule has 9 unspecified atom stereocenters. The first-order valence-electron chi connectivity index (χ1n) is 38.8. The Hall–Kier alpha value is -0.490. The number of allylic oxidation sites excluding steroid dienone is 6. The van der Waals surface area contributed by atoms with E-state index in [0.29, 0.717) is 75.8 Å². The van der Waals surface area contributed by atoms with E-state index in [4.69, 9.17) is 11.6 Å². The molecule has 20 aliphatic carbocycles. The molecule has 484 valence electrons. The minimum absolute atomic E-state index is 0.205. The minimum Gasteiger partial charge on any atom is -0.119 e. The second-order valence-electron chi connectivity index (χ2n) is 41.2. The van der Waals surface area contributed by atoms with E-state index >= 15 is 0 Å². The van der Waals surface area contributed by atoms with E-state index in [2.05, 4.69) is 151 Å². The normalized spacial score (nSPS) is 44.2. The summed E-state index contributed by atoms with van der Waals surface area (Å²) in [6.45, 7) is 53.3. The second kappa shape index (κ2) is 19.1. The fraction of sp³-hybridized carbons (Fsp3) is 0.929. The average molecular weight is 1190 g/mol. The zero-order valence-electron chi connectivity index (χ0n) is 60.7. The molecule has 0 radical (unpaired) electrons. The zero-order valence-corrected chi connectivity index (χ0v) is 61.5. The number of hydrogen-bond acceptors (Lipinski definition) is 0. The average Bonchev–Trinajstić information content (AvgIpc) is 1.49. The van der Waals surface area contributed by atoms with Gasteiger partial charge in [0.15, 0.2) is 0 Å². The number of fused-ring (bicyclic) bond motifs is 2. The van der Waals surface area contributed by atoms with Gasteiger partial charge in [-0.25, -0.2) is 0 Å². The highest BCUT2D eigenvalue weighted by Crippen LogP contribution is 2.93. The summed E-state index contributed by atoms with van der Waals surface area (Å²) in [5.41, 5.74) is 18.7. The van der Waals surface area contributed by atoms with Crippen LogP contribution in [-0.2, 0) is 0 Å². The van der Waals surface area contributed by atoms with Gasteiger partial charge >= 0.3 is 0 Å². The van der Waals surface area contributed by atoms with E-state index < -0.39 is 0 Å². The molecule has 9 atom stereocenters. The number of halogens is 1. The van der Waals surface area contributed by atoms with Crippen molar-refractivity contribution >= 4 is 11.6 Å². The Bertz CT molecular complexity index is 2690. The van der Waals surface area contributed by atoms with Gasteiger partial charge in [0.05, 0.1) is 0 Å². The molecule has 86 heavy (non-hydrogen) atoms. The van der Waals surface area contributed by atoms with Crippen LogP contribution in [0, 0.1) is 146 Å². The second-order valence-corrected chi connectivity index (χ2v) is 42.0. The van der Waals surface area contributed by atoms with Crippen molar-refractivity contribution in [1.82, 2.24) is 0 Å². The van der Waals surface area contributed by atoms with Gasteiger partial charge in [-0.2, -0.15) is 0 Å². The molecule has 0 aromatic rings. The van der Waals surface area contributed by atoms with Crippen molar-refractivity contribution in [3.63, 3.8) is 0 Å². The first-order valence-corrected chi connectivity index (χ1v) is 39.2. The molecule has 0 aliphatic heterocycles. The van der Waals surface area contributed by atoms with Crippen molar-refractivity contribution in [2.45, 2.75) is 349 Å². The van der Waals surface area contributed by atoms with Gasteiger partial charge in [-0.05, 0) is 307 Å². The first-order chi connectivity index (χ1) is 40.0. The van der Waals surface area contributed by atoms with Crippen LogP contribution in [0.15, 0.2) is 33.9 Å². The van der Waals surface area contributed by atoms with Crippen molar-refractivity contribution in [1.29, 1.82) is 0 Å². The molecule has 0 nitrogen and oxygen atoms in total. The van der Waals surface area contributed by atoms with Gasteiger partial charge in [0.1, 0.15) is 0 Å². The van der Waals surface area contributed by atoms with Gasteiger partial charge in [-0.15, -0.1) is 11.6 Å². The summed E-state index contributed by atoms with van der Waals surface area (Å²) in [5, 5.41) is 0. The zero-order chi connectivity index (χ0) is 61.9. The number of rotatable bonds is 2. The summed E-state index contributed by atoms with van der Waals surface area (Å²) in [4.78, 5) is 0.205. The van der Waals surface area contributed by atoms with Crippen LogP contribution in [0.2, 0.25) is 0 Å². The third kappa shape index (κ3) is 7.12.